The highest BCUT2D eigenvalue weighted by molar-refractivity contribution is 5.99. The van der Waals surface area contributed by atoms with Crippen LogP contribution in [0, 0.1) is 0 Å². The molecule has 0 saturated carbocycles. The highest BCUT2D eigenvalue weighted by Crippen LogP contribution is 2.27. The van der Waals surface area contributed by atoms with Crippen LogP contribution in [0.1, 0.15) is 36.5 Å². The van der Waals surface area contributed by atoms with Gasteiger partial charge in [0.05, 0.1) is 24.0 Å². The Morgan fingerprint density at radius 1 is 1.39 bits per heavy atom. The van der Waals surface area contributed by atoms with Gasteiger partial charge in [0.25, 0.3) is 0 Å². The minimum absolute atomic E-state index is 0.348. The summed E-state index contributed by atoms with van der Waals surface area (Å²) < 4.78 is 4.79. The largest absolute Gasteiger partial charge is 0.465 e. The van der Waals surface area contributed by atoms with Crippen molar-refractivity contribution in [2.75, 3.05) is 31.3 Å². The summed E-state index contributed by atoms with van der Waals surface area (Å²) in [6.07, 6.45) is 3.43. The summed E-state index contributed by atoms with van der Waals surface area (Å²) in [4.78, 5) is 13.7. The van der Waals surface area contributed by atoms with E-state index in [0.29, 0.717) is 11.3 Å². The van der Waals surface area contributed by atoms with Crippen molar-refractivity contribution in [3.05, 3.63) is 23.8 Å². The fourth-order valence-electron chi connectivity index (χ4n) is 1.97. The van der Waals surface area contributed by atoms with E-state index in [9.17, 15) is 4.79 Å². The summed E-state index contributed by atoms with van der Waals surface area (Å²) in [7, 11) is 3.33. The summed E-state index contributed by atoms with van der Waals surface area (Å²) in [6.45, 7) is 3.04. The van der Waals surface area contributed by atoms with Gasteiger partial charge in [-0.05, 0) is 18.6 Å². The van der Waals surface area contributed by atoms with Gasteiger partial charge in [-0.3, -0.25) is 0 Å². The third-order valence-electron chi connectivity index (χ3n) is 2.95. The lowest BCUT2D eigenvalue weighted by Gasteiger charge is -2.23. The van der Waals surface area contributed by atoms with Gasteiger partial charge in [0.15, 0.2) is 0 Å². The summed E-state index contributed by atoms with van der Waals surface area (Å²) in [6, 6.07) is 5.32. The molecule has 0 bridgehead atoms. The maximum absolute atomic E-state index is 11.7. The second kappa shape index (κ2) is 6.89. The molecular weight excluding hydrogens is 228 g/mol. The molecule has 0 amide bonds. The Morgan fingerprint density at radius 3 is 2.72 bits per heavy atom. The van der Waals surface area contributed by atoms with E-state index in [4.69, 9.17) is 10.5 Å². The third kappa shape index (κ3) is 3.39. The Hall–Kier alpha value is -1.71. The zero-order valence-corrected chi connectivity index (χ0v) is 11.4. The predicted octanol–water partition coefficient (Wildman–Crippen LogP) is 2.68. The fraction of sp³-hybridized carbons (Fsp3) is 0.500. The molecule has 0 unspecified atom stereocenters. The van der Waals surface area contributed by atoms with Crippen molar-refractivity contribution in [2.24, 2.45) is 0 Å². The van der Waals surface area contributed by atoms with E-state index in [2.05, 4.69) is 6.92 Å². The maximum atomic E-state index is 11.7. The van der Waals surface area contributed by atoms with Crippen molar-refractivity contribution in [1.82, 2.24) is 0 Å². The van der Waals surface area contributed by atoms with Gasteiger partial charge in [-0.1, -0.05) is 25.8 Å². The topological polar surface area (TPSA) is 55.6 Å². The molecule has 0 aliphatic carbocycles. The van der Waals surface area contributed by atoms with E-state index >= 15 is 0 Å². The molecule has 0 aromatic heterocycles. The Labute approximate surface area is 109 Å². The molecule has 0 heterocycles. The smallest absolute Gasteiger partial charge is 0.340 e. The van der Waals surface area contributed by atoms with E-state index in [-0.39, 0.29) is 5.97 Å². The van der Waals surface area contributed by atoms with Crippen LogP contribution in [0.15, 0.2) is 18.2 Å². The number of benzene rings is 1. The molecule has 0 spiro atoms. The summed E-state index contributed by atoms with van der Waals surface area (Å²) in [5, 5.41) is 0. The number of rotatable bonds is 6. The van der Waals surface area contributed by atoms with Crippen LogP contribution in [-0.4, -0.2) is 26.7 Å². The zero-order chi connectivity index (χ0) is 13.5. The predicted molar refractivity (Wildman–Crippen MR) is 75.0 cm³/mol. The molecule has 2 N–H and O–H groups in total. The molecule has 1 aromatic carbocycles. The van der Waals surface area contributed by atoms with Crippen LogP contribution in [0.4, 0.5) is 11.4 Å². The first-order valence-electron chi connectivity index (χ1n) is 6.29. The number of carbonyl (C=O) groups is 1. The van der Waals surface area contributed by atoms with Crippen molar-refractivity contribution < 1.29 is 9.53 Å². The van der Waals surface area contributed by atoms with Crippen LogP contribution in [0.3, 0.4) is 0 Å². The first-order valence-corrected chi connectivity index (χ1v) is 6.29. The van der Waals surface area contributed by atoms with Gasteiger partial charge in [0, 0.05) is 13.6 Å². The normalized spacial score (nSPS) is 10.2. The Morgan fingerprint density at radius 2 is 2.11 bits per heavy atom. The monoisotopic (exact) mass is 250 g/mol. The van der Waals surface area contributed by atoms with Gasteiger partial charge >= 0.3 is 5.97 Å². The summed E-state index contributed by atoms with van der Waals surface area (Å²) in [5.41, 5.74) is 7.87. The molecule has 0 aliphatic heterocycles. The van der Waals surface area contributed by atoms with Crippen LogP contribution in [0.2, 0.25) is 0 Å². The first kappa shape index (κ1) is 14.4. The van der Waals surface area contributed by atoms with Gasteiger partial charge < -0.3 is 15.4 Å². The van der Waals surface area contributed by atoms with Gasteiger partial charge in [-0.2, -0.15) is 0 Å². The molecule has 0 atom stereocenters. The first-order chi connectivity index (χ1) is 8.61. The van der Waals surface area contributed by atoms with Gasteiger partial charge in [0.1, 0.15) is 0 Å². The summed E-state index contributed by atoms with van der Waals surface area (Å²) in [5.74, 6) is -0.348. The Kier molecular flexibility index (Phi) is 5.49. The lowest BCUT2D eigenvalue weighted by Crippen LogP contribution is -2.22. The highest BCUT2D eigenvalue weighted by atomic mass is 16.5. The average molecular weight is 250 g/mol. The molecule has 1 aromatic rings. The quantitative estimate of drug-likeness (QED) is 0.479. The molecule has 4 heteroatoms. The van der Waals surface area contributed by atoms with Crippen LogP contribution < -0.4 is 10.6 Å². The number of hydrogen-bond donors (Lipinski definition) is 1. The molecular formula is C14H22N2O2. The number of nitrogens with zero attached hydrogens (tertiary/aromatic N) is 1. The molecule has 100 valence electrons. The highest BCUT2D eigenvalue weighted by Gasteiger charge is 2.17. The average Bonchev–Trinajstić information content (AvgIpc) is 2.37. The number of carbonyl (C=O) groups excluding carboxylic acids is 1. The number of hydrogen-bond acceptors (Lipinski definition) is 4. The number of esters is 1. The molecule has 0 saturated heterocycles. The standard InChI is InChI=1S/C14H22N2O2/c1-4-5-6-10-16(2)13-11(14(17)18-3)8-7-9-12(13)15/h7-9H,4-6,10,15H2,1-3H3. The van der Waals surface area contributed by atoms with E-state index < -0.39 is 0 Å². The van der Waals surface area contributed by atoms with Crippen molar-refractivity contribution >= 4 is 17.3 Å². The minimum atomic E-state index is -0.348. The number of methoxy groups -OCH3 is 1. The second-order valence-electron chi connectivity index (χ2n) is 4.36. The molecule has 18 heavy (non-hydrogen) atoms. The third-order valence-corrected chi connectivity index (χ3v) is 2.95. The van der Waals surface area contributed by atoms with Crippen molar-refractivity contribution in [3.63, 3.8) is 0 Å². The molecule has 1 rings (SSSR count). The number of nitrogens with two attached hydrogens (primary N) is 1. The van der Waals surface area contributed by atoms with Gasteiger partial charge in [-0.25, -0.2) is 4.79 Å². The maximum Gasteiger partial charge on any atom is 0.340 e. The van der Waals surface area contributed by atoms with Crippen LogP contribution >= 0.6 is 0 Å². The number of ether oxygens (including phenoxy) is 1. The Bertz CT molecular complexity index is 405. The molecule has 4 nitrogen and oxygen atoms in total. The number of unbranched alkanes of at least 4 members (excludes halogenated alkanes) is 2. The van der Waals surface area contributed by atoms with Gasteiger partial charge in [-0.15, -0.1) is 0 Å². The fourth-order valence-corrected chi connectivity index (χ4v) is 1.97. The number of para-hydroxylation sites is 1. The number of nitrogen functional groups attached to an aromatic ring is 1. The number of anilines is 2. The second-order valence-corrected chi connectivity index (χ2v) is 4.36. The summed E-state index contributed by atoms with van der Waals surface area (Å²) >= 11 is 0. The van der Waals surface area contributed by atoms with Crippen molar-refractivity contribution in [1.29, 1.82) is 0 Å². The van der Waals surface area contributed by atoms with Crippen molar-refractivity contribution in [2.45, 2.75) is 26.2 Å². The van der Waals surface area contributed by atoms with Gasteiger partial charge in [0.2, 0.25) is 0 Å². The van der Waals surface area contributed by atoms with E-state index in [1.165, 1.54) is 20.0 Å². The molecule has 0 aliphatic rings. The van der Waals surface area contributed by atoms with Crippen LogP contribution in [-0.2, 0) is 4.74 Å². The zero-order valence-electron chi connectivity index (χ0n) is 11.4. The minimum Gasteiger partial charge on any atom is -0.465 e. The lowest BCUT2D eigenvalue weighted by atomic mass is 10.1. The van der Waals surface area contributed by atoms with Crippen LogP contribution in [0.25, 0.3) is 0 Å². The van der Waals surface area contributed by atoms with E-state index in [1.54, 1.807) is 18.2 Å². The van der Waals surface area contributed by atoms with Crippen molar-refractivity contribution in [3.8, 4) is 0 Å². The SMILES string of the molecule is CCCCCN(C)c1c(N)cccc1C(=O)OC. The van der Waals surface area contributed by atoms with E-state index in [0.717, 1.165) is 18.7 Å². The van der Waals surface area contributed by atoms with Crippen LogP contribution in [0.5, 0.6) is 0 Å². The van der Waals surface area contributed by atoms with E-state index in [1.807, 2.05) is 11.9 Å². The molecule has 0 radical (unpaired) electrons. The molecule has 0 fully saturated rings. The Balaban J connectivity index is 2.94. The lowest BCUT2D eigenvalue weighted by molar-refractivity contribution is 0.0601.